The number of hydrogen-bond donors (Lipinski definition) is 3. The lowest BCUT2D eigenvalue weighted by Gasteiger charge is -2.38. The van der Waals surface area contributed by atoms with Crippen LogP contribution < -0.4 is 20.4 Å². The summed E-state index contributed by atoms with van der Waals surface area (Å²) in [6.07, 6.45) is 6.06. The molecule has 2 atom stereocenters. The zero-order valence-electron chi connectivity index (χ0n) is 33.0. The van der Waals surface area contributed by atoms with Gasteiger partial charge in [-0.05, 0) is 119 Å². The number of aromatic amines is 1. The molecule has 14 heteroatoms. The summed E-state index contributed by atoms with van der Waals surface area (Å²) in [5.41, 5.74) is 5.72. The van der Waals surface area contributed by atoms with Crippen LogP contribution in [0.5, 0.6) is 0 Å². The molecule has 5 aliphatic rings. The van der Waals surface area contributed by atoms with E-state index < -0.39 is 23.8 Å². The molecule has 6 heterocycles. The Hall–Kier alpha value is -5.60. The van der Waals surface area contributed by atoms with E-state index >= 15 is 0 Å². The molecule has 1 unspecified atom stereocenters. The molecule has 9 rings (SSSR count). The van der Waals surface area contributed by atoms with Crippen molar-refractivity contribution in [3.63, 3.8) is 0 Å². The maximum atomic E-state index is 13.6. The topological polar surface area (TPSA) is 154 Å². The van der Waals surface area contributed by atoms with Crippen LogP contribution in [0.25, 0.3) is 11.0 Å². The van der Waals surface area contributed by atoms with Gasteiger partial charge >= 0.3 is 0 Å². The van der Waals surface area contributed by atoms with Crippen LogP contribution in [0.2, 0.25) is 0 Å². The predicted molar refractivity (Wildman–Crippen MR) is 221 cm³/mol. The van der Waals surface area contributed by atoms with Gasteiger partial charge in [-0.3, -0.25) is 44.0 Å². The average molecular weight is 786 g/mol. The van der Waals surface area contributed by atoms with Crippen LogP contribution in [0.3, 0.4) is 0 Å². The summed E-state index contributed by atoms with van der Waals surface area (Å²) in [7, 11) is 0. The summed E-state index contributed by atoms with van der Waals surface area (Å²) in [5, 5.41) is 5.32. The van der Waals surface area contributed by atoms with Crippen LogP contribution in [0.4, 0.5) is 17.1 Å². The van der Waals surface area contributed by atoms with Crippen molar-refractivity contribution in [3.8, 4) is 0 Å². The minimum absolute atomic E-state index is 0.0964. The molecule has 5 aliphatic heterocycles. The molecule has 0 radical (unpaired) electrons. The van der Waals surface area contributed by atoms with Crippen LogP contribution in [0, 0.1) is 5.92 Å². The number of imidazole rings is 1. The number of fused-ring (bicyclic) bond motifs is 2. The van der Waals surface area contributed by atoms with E-state index in [1.165, 1.54) is 12.8 Å². The highest BCUT2D eigenvalue weighted by atomic mass is 16.2. The number of aromatic nitrogens is 2. The van der Waals surface area contributed by atoms with Gasteiger partial charge in [0, 0.05) is 68.7 Å². The van der Waals surface area contributed by atoms with Gasteiger partial charge in [0.25, 0.3) is 17.7 Å². The summed E-state index contributed by atoms with van der Waals surface area (Å²) in [6.45, 7) is 10.4. The molecule has 0 aliphatic carbocycles. The number of nitrogens with zero attached hydrogens (tertiary/aromatic N) is 6. The summed E-state index contributed by atoms with van der Waals surface area (Å²) >= 11 is 0. The Labute approximate surface area is 337 Å². The van der Waals surface area contributed by atoms with Crippen LogP contribution in [0.1, 0.15) is 88.8 Å². The van der Waals surface area contributed by atoms with E-state index in [2.05, 4.69) is 54.3 Å². The van der Waals surface area contributed by atoms with E-state index in [1.54, 1.807) is 12.1 Å². The molecule has 4 saturated heterocycles. The fraction of sp³-hybridized carbons (Fsp3) is 0.455. The second-order valence-electron chi connectivity index (χ2n) is 16.6. The summed E-state index contributed by atoms with van der Waals surface area (Å²) in [6, 6.07) is 18.7. The number of rotatable bonds is 10. The summed E-state index contributed by atoms with van der Waals surface area (Å²) < 4.78 is 0. The summed E-state index contributed by atoms with van der Waals surface area (Å²) in [4.78, 5) is 83.1. The van der Waals surface area contributed by atoms with Crippen molar-refractivity contribution in [1.82, 2.24) is 30.0 Å². The van der Waals surface area contributed by atoms with Gasteiger partial charge in [-0.1, -0.05) is 6.07 Å². The Morgan fingerprint density at radius 1 is 0.845 bits per heavy atom. The first kappa shape index (κ1) is 37.9. The van der Waals surface area contributed by atoms with Gasteiger partial charge in [-0.25, -0.2) is 4.98 Å². The summed E-state index contributed by atoms with van der Waals surface area (Å²) in [5.74, 6) is -0.458. The number of H-pyrrole nitrogens is 1. The van der Waals surface area contributed by atoms with Crippen molar-refractivity contribution in [2.24, 2.45) is 5.92 Å². The van der Waals surface area contributed by atoms with Crippen LogP contribution in [0.15, 0.2) is 60.7 Å². The first-order chi connectivity index (χ1) is 28.2. The zero-order chi connectivity index (χ0) is 39.9. The van der Waals surface area contributed by atoms with E-state index in [0.29, 0.717) is 28.7 Å². The molecule has 1 aromatic heterocycles. The van der Waals surface area contributed by atoms with Crippen molar-refractivity contribution < 1.29 is 24.0 Å². The van der Waals surface area contributed by atoms with Gasteiger partial charge in [-0.15, -0.1) is 0 Å². The third-order valence-corrected chi connectivity index (χ3v) is 13.0. The SMILES string of the molecule is C[C@H]1CCCN1Cc1nc2cc(NC(=O)c3ccc(N4CCC(CCN5CCN(c6cccc7c6C(=O)N(C6CCC(=O)NC6=O)C7=O)CC5)CC4)cc3)ccc2[nH]1. The number of likely N-dealkylation sites (tertiary alicyclic amines) is 1. The highest BCUT2D eigenvalue weighted by Gasteiger charge is 2.46. The molecule has 4 aromatic rings. The maximum absolute atomic E-state index is 13.6. The standard InChI is InChI=1S/C44H51N9O5/c1-28-4-3-18-52(28)27-38-46-34-12-9-31(26-35(34)47-38)45-41(55)30-7-10-32(11-8-30)50-20-16-29(17-21-50)15-19-49-22-24-51(25-23-49)36-6-2-5-33-40(36)44(58)53(43(33)57)37-13-14-39(54)48-42(37)56/h2,5-12,26,28-29,37H,3-4,13-25,27H2,1H3,(H,45,55)(H,46,47)(H,48,54,56)/t28-,37?/m0/s1. The lowest BCUT2D eigenvalue weighted by Crippen LogP contribution is -2.54. The predicted octanol–water partition coefficient (Wildman–Crippen LogP) is 4.63. The van der Waals surface area contributed by atoms with Crippen LogP contribution in [-0.4, -0.2) is 119 Å². The molecule has 4 fully saturated rings. The van der Waals surface area contributed by atoms with E-state index in [0.717, 1.165) is 117 Å². The largest absolute Gasteiger partial charge is 0.372 e. The quantitative estimate of drug-likeness (QED) is 0.194. The second kappa shape index (κ2) is 16.0. The molecule has 302 valence electrons. The van der Waals surface area contributed by atoms with Gasteiger partial charge < -0.3 is 20.1 Å². The third-order valence-electron chi connectivity index (χ3n) is 13.0. The average Bonchev–Trinajstić information content (AvgIpc) is 3.91. The molecule has 3 aromatic carbocycles. The Morgan fingerprint density at radius 3 is 2.38 bits per heavy atom. The minimum atomic E-state index is -0.973. The van der Waals surface area contributed by atoms with Gasteiger partial charge in [0.05, 0.1) is 34.4 Å². The maximum Gasteiger partial charge on any atom is 0.264 e. The first-order valence-electron chi connectivity index (χ1n) is 20.9. The lowest BCUT2D eigenvalue weighted by atomic mass is 9.93. The fourth-order valence-corrected chi connectivity index (χ4v) is 9.48. The number of piperazine rings is 1. The third kappa shape index (κ3) is 7.58. The number of benzene rings is 3. The Bertz CT molecular complexity index is 2240. The van der Waals surface area contributed by atoms with Crippen molar-refractivity contribution in [2.75, 3.05) is 67.5 Å². The molecule has 0 saturated carbocycles. The van der Waals surface area contributed by atoms with E-state index in [-0.39, 0.29) is 24.7 Å². The smallest absolute Gasteiger partial charge is 0.264 e. The van der Waals surface area contributed by atoms with Gasteiger partial charge in [0.15, 0.2) is 0 Å². The number of carbonyl (C=O) groups excluding carboxylic acids is 5. The second-order valence-corrected chi connectivity index (χ2v) is 16.6. The lowest BCUT2D eigenvalue weighted by molar-refractivity contribution is -0.136. The highest BCUT2D eigenvalue weighted by Crippen LogP contribution is 2.35. The number of nitrogens with one attached hydrogen (secondary N) is 3. The Kier molecular flexibility index (Phi) is 10.5. The minimum Gasteiger partial charge on any atom is -0.372 e. The Balaban J connectivity index is 0.723. The number of anilines is 3. The van der Waals surface area contributed by atoms with E-state index in [1.807, 2.05) is 36.4 Å². The van der Waals surface area contributed by atoms with Gasteiger partial charge in [0.1, 0.15) is 11.9 Å². The van der Waals surface area contributed by atoms with Crippen molar-refractivity contribution in [2.45, 2.75) is 70.5 Å². The zero-order valence-corrected chi connectivity index (χ0v) is 33.0. The molecule has 58 heavy (non-hydrogen) atoms. The monoisotopic (exact) mass is 785 g/mol. The van der Waals surface area contributed by atoms with Crippen molar-refractivity contribution >= 4 is 57.6 Å². The molecular formula is C44H51N9O5. The molecule has 5 amide bonds. The molecule has 3 N–H and O–H groups in total. The van der Waals surface area contributed by atoms with Crippen LogP contribution in [-0.2, 0) is 16.1 Å². The first-order valence-corrected chi connectivity index (χ1v) is 20.9. The van der Waals surface area contributed by atoms with Crippen molar-refractivity contribution in [1.29, 1.82) is 0 Å². The van der Waals surface area contributed by atoms with Gasteiger partial charge in [-0.2, -0.15) is 0 Å². The fourth-order valence-electron chi connectivity index (χ4n) is 9.48. The highest BCUT2D eigenvalue weighted by molar-refractivity contribution is 6.25. The molecule has 0 bridgehead atoms. The van der Waals surface area contributed by atoms with Crippen LogP contribution >= 0.6 is 0 Å². The molecule has 14 nitrogen and oxygen atoms in total. The van der Waals surface area contributed by atoms with Gasteiger partial charge in [0.2, 0.25) is 11.8 Å². The number of carbonyl (C=O) groups is 5. The van der Waals surface area contributed by atoms with Crippen molar-refractivity contribution in [3.05, 3.63) is 83.2 Å². The number of hydrogen-bond acceptors (Lipinski definition) is 10. The van der Waals surface area contributed by atoms with E-state index in [9.17, 15) is 24.0 Å². The van der Waals surface area contributed by atoms with E-state index in [4.69, 9.17) is 4.98 Å². The molecular weight excluding hydrogens is 735 g/mol. The Morgan fingerprint density at radius 2 is 1.64 bits per heavy atom. The number of imide groups is 2. The number of amides is 5. The number of piperidine rings is 2. The molecule has 0 spiro atoms. The normalized spacial score (nSPS) is 22.3.